The highest BCUT2D eigenvalue weighted by Gasteiger charge is 2.43. The molecule has 3 N–H and O–H groups in total. The van der Waals surface area contributed by atoms with Crippen LogP contribution in [-0.4, -0.2) is 18.7 Å². The first-order valence-electron chi connectivity index (χ1n) is 5.73. The summed E-state index contributed by atoms with van der Waals surface area (Å²) >= 11 is 1.72. The Morgan fingerprint density at radius 3 is 2.53 bits per heavy atom. The Morgan fingerprint density at radius 1 is 1.41 bits per heavy atom. The summed E-state index contributed by atoms with van der Waals surface area (Å²) in [6.07, 6.45) is 4.96. The molecule has 0 spiro atoms. The van der Waals surface area contributed by atoms with Crippen LogP contribution in [0.1, 0.15) is 19.3 Å². The van der Waals surface area contributed by atoms with Crippen LogP contribution < -0.4 is 10.5 Å². The molecule has 1 fully saturated rings. The van der Waals surface area contributed by atoms with E-state index in [2.05, 4.69) is 18.4 Å². The van der Waals surface area contributed by atoms with Gasteiger partial charge in [-0.15, -0.1) is 11.8 Å². The van der Waals surface area contributed by atoms with Gasteiger partial charge in [-0.2, -0.15) is 0 Å². The van der Waals surface area contributed by atoms with E-state index in [0.29, 0.717) is 13.0 Å². The SMILES string of the molecule is CSc1ccc(OCC2(CC(=N)N)CC2)cc1. The first kappa shape index (κ1) is 12.3. The molecule has 1 aliphatic carbocycles. The molecule has 0 radical (unpaired) electrons. The summed E-state index contributed by atoms with van der Waals surface area (Å²) in [4.78, 5) is 1.24. The van der Waals surface area contributed by atoms with E-state index in [4.69, 9.17) is 15.9 Å². The van der Waals surface area contributed by atoms with Crippen molar-refractivity contribution in [2.24, 2.45) is 11.1 Å². The average Bonchev–Trinajstić information content (AvgIpc) is 3.06. The van der Waals surface area contributed by atoms with Gasteiger partial charge in [0.15, 0.2) is 0 Å². The summed E-state index contributed by atoms with van der Waals surface area (Å²) in [6, 6.07) is 8.11. The summed E-state index contributed by atoms with van der Waals surface area (Å²) in [5.41, 5.74) is 5.59. The van der Waals surface area contributed by atoms with Crippen LogP contribution in [0, 0.1) is 10.8 Å². The van der Waals surface area contributed by atoms with E-state index in [0.717, 1.165) is 18.6 Å². The van der Waals surface area contributed by atoms with Crippen LogP contribution in [-0.2, 0) is 0 Å². The lowest BCUT2D eigenvalue weighted by Crippen LogP contribution is -2.21. The first-order chi connectivity index (χ1) is 8.13. The fourth-order valence-corrected chi connectivity index (χ4v) is 2.27. The van der Waals surface area contributed by atoms with Gasteiger partial charge in [0.05, 0.1) is 12.4 Å². The Balaban J connectivity index is 1.87. The van der Waals surface area contributed by atoms with Crippen LogP contribution in [0.3, 0.4) is 0 Å². The number of ether oxygens (including phenoxy) is 1. The van der Waals surface area contributed by atoms with Gasteiger partial charge in [-0.3, -0.25) is 5.41 Å². The zero-order valence-corrected chi connectivity index (χ0v) is 10.8. The standard InChI is InChI=1S/C13H18N2OS/c1-17-11-4-2-10(3-5-11)16-9-13(6-7-13)8-12(14)15/h2-5H,6-9H2,1H3,(H3,14,15). The smallest absolute Gasteiger partial charge is 0.119 e. The second-order valence-corrected chi connectivity index (χ2v) is 5.55. The Hall–Kier alpha value is -1.16. The maximum absolute atomic E-state index is 7.35. The van der Waals surface area contributed by atoms with Crippen LogP contribution in [0.25, 0.3) is 0 Å². The minimum Gasteiger partial charge on any atom is -0.493 e. The van der Waals surface area contributed by atoms with Crippen molar-refractivity contribution in [3.63, 3.8) is 0 Å². The zero-order chi connectivity index (χ0) is 12.3. The van der Waals surface area contributed by atoms with E-state index in [-0.39, 0.29) is 11.3 Å². The van der Waals surface area contributed by atoms with E-state index in [1.165, 1.54) is 4.90 Å². The Labute approximate surface area is 106 Å². The summed E-state index contributed by atoms with van der Waals surface area (Å²) in [5, 5.41) is 7.35. The zero-order valence-electron chi connectivity index (χ0n) is 10.0. The van der Waals surface area contributed by atoms with Crippen molar-refractivity contribution < 1.29 is 4.74 Å². The molecular weight excluding hydrogens is 232 g/mol. The molecule has 0 saturated heterocycles. The Morgan fingerprint density at radius 2 is 2.06 bits per heavy atom. The van der Waals surface area contributed by atoms with Gasteiger partial charge in [0.25, 0.3) is 0 Å². The summed E-state index contributed by atoms with van der Waals surface area (Å²) in [6.45, 7) is 0.672. The number of hydrogen-bond acceptors (Lipinski definition) is 3. The second-order valence-electron chi connectivity index (χ2n) is 4.67. The van der Waals surface area contributed by atoms with Crippen molar-refractivity contribution in [2.75, 3.05) is 12.9 Å². The quantitative estimate of drug-likeness (QED) is 0.463. The molecule has 0 atom stereocenters. The highest BCUT2D eigenvalue weighted by atomic mass is 32.2. The molecular formula is C13H18N2OS. The monoisotopic (exact) mass is 250 g/mol. The number of rotatable bonds is 6. The summed E-state index contributed by atoms with van der Waals surface area (Å²) in [5.74, 6) is 1.17. The highest BCUT2D eigenvalue weighted by molar-refractivity contribution is 7.98. The van der Waals surface area contributed by atoms with Gasteiger partial charge in [-0.05, 0) is 43.4 Å². The van der Waals surface area contributed by atoms with E-state index in [9.17, 15) is 0 Å². The summed E-state index contributed by atoms with van der Waals surface area (Å²) in [7, 11) is 0. The van der Waals surface area contributed by atoms with Crippen molar-refractivity contribution in [2.45, 2.75) is 24.2 Å². The van der Waals surface area contributed by atoms with Gasteiger partial charge < -0.3 is 10.5 Å². The molecule has 17 heavy (non-hydrogen) atoms. The fourth-order valence-electron chi connectivity index (χ4n) is 1.86. The maximum Gasteiger partial charge on any atom is 0.119 e. The molecule has 1 aromatic carbocycles. The lowest BCUT2D eigenvalue weighted by Gasteiger charge is -2.15. The van der Waals surface area contributed by atoms with E-state index >= 15 is 0 Å². The largest absolute Gasteiger partial charge is 0.493 e. The number of nitrogens with two attached hydrogens (primary N) is 1. The van der Waals surface area contributed by atoms with E-state index < -0.39 is 0 Å². The van der Waals surface area contributed by atoms with E-state index in [1.807, 2.05) is 12.1 Å². The third-order valence-electron chi connectivity index (χ3n) is 3.13. The molecule has 0 aliphatic heterocycles. The molecule has 0 amide bonds. The summed E-state index contributed by atoms with van der Waals surface area (Å²) < 4.78 is 5.77. The van der Waals surface area contributed by atoms with Crippen molar-refractivity contribution in [3.05, 3.63) is 24.3 Å². The lowest BCUT2D eigenvalue weighted by molar-refractivity contribution is 0.238. The molecule has 0 bridgehead atoms. The number of hydrogen-bond donors (Lipinski definition) is 2. The average molecular weight is 250 g/mol. The molecule has 0 aromatic heterocycles. The van der Waals surface area contributed by atoms with Gasteiger partial charge in [-0.1, -0.05) is 0 Å². The molecule has 3 nitrogen and oxygen atoms in total. The van der Waals surface area contributed by atoms with Gasteiger partial charge in [0.2, 0.25) is 0 Å². The topological polar surface area (TPSA) is 59.1 Å². The molecule has 92 valence electrons. The number of amidine groups is 1. The molecule has 1 aromatic rings. The predicted molar refractivity (Wildman–Crippen MR) is 71.9 cm³/mol. The van der Waals surface area contributed by atoms with Crippen molar-refractivity contribution in [3.8, 4) is 5.75 Å². The van der Waals surface area contributed by atoms with Crippen molar-refractivity contribution >= 4 is 17.6 Å². The van der Waals surface area contributed by atoms with Crippen LogP contribution in [0.4, 0.5) is 0 Å². The third-order valence-corrected chi connectivity index (χ3v) is 3.87. The first-order valence-corrected chi connectivity index (χ1v) is 6.96. The molecule has 2 rings (SSSR count). The van der Waals surface area contributed by atoms with Gasteiger partial charge in [0, 0.05) is 16.7 Å². The van der Waals surface area contributed by atoms with Gasteiger partial charge in [-0.25, -0.2) is 0 Å². The van der Waals surface area contributed by atoms with Gasteiger partial charge >= 0.3 is 0 Å². The van der Waals surface area contributed by atoms with Crippen LogP contribution >= 0.6 is 11.8 Å². The highest BCUT2D eigenvalue weighted by Crippen LogP contribution is 2.48. The molecule has 4 heteroatoms. The van der Waals surface area contributed by atoms with Crippen LogP contribution in [0.2, 0.25) is 0 Å². The van der Waals surface area contributed by atoms with Crippen molar-refractivity contribution in [1.82, 2.24) is 0 Å². The van der Waals surface area contributed by atoms with E-state index in [1.54, 1.807) is 11.8 Å². The van der Waals surface area contributed by atoms with Gasteiger partial charge in [0.1, 0.15) is 5.75 Å². The number of benzene rings is 1. The number of thioether (sulfide) groups is 1. The lowest BCUT2D eigenvalue weighted by atomic mass is 10.0. The van der Waals surface area contributed by atoms with Crippen LogP contribution in [0.15, 0.2) is 29.2 Å². The third kappa shape index (κ3) is 3.40. The molecule has 0 heterocycles. The van der Waals surface area contributed by atoms with Crippen LogP contribution in [0.5, 0.6) is 5.75 Å². The molecule has 0 unspecified atom stereocenters. The minimum atomic E-state index is 0.143. The normalized spacial score (nSPS) is 16.5. The fraction of sp³-hybridized carbons (Fsp3) is 0.462. The maximum atomic E-state index is 7.35. The molecule has 1 aliphatic rings. The number of nitrogens with one attached hydrogen (secondary N) is 1. The van der Waals surface area contributed by atoms with Crippen molar-refractivity contribution in [1.29, 1.82) is 5.41 Å². The predicted octanol–water partition coefficient (Wildman–Crippen LogP) is 2.89. The molecule has 1 saturated carbocycles. The minimum absolute atomic E-state index is 0.143. The second kappa shape index (κ2) is 5.00. The Bertz CT molecular complexity index is 398. The Kier molecular flexibility index (Phi) is 3.62.